The lowest BCUT2D eigenvalue weighted by atomic mass is 9.82. The number of hydrogen-bond acceptors (Lipinski definition) is 2. The zero-order valence-electron chi connectivity index (χ0n) is 31.2. The summed E-state index contributed by atoms with van der Waals surface area (Å²) in [5.41, 5.74) is 12.9. The van der Waals surface area contributed by atoms with E-state index in [1.165, 1.54) is 96.9 Å². The van der Waals surface area contributed by atoms with Crippen LogP contribution in [0.15, 0.2) is 182 Å². The van der Waals surface area contributed by atoms with Gasteiger partial charge in [-0.05, 0) is 115 Å². The van der Waals surface area contributed by atoms with Gasteiger partial charge in [0.25, 0.3) is 0 Å². The third-order valence-corrected chi connectivity index (χ3v) is 18.4. The molecule has 1 aliphatic carbocycles. The Balaban J connectivity index is 1.19. The molecule has 0 unspecified atom stereocenters. The fourth-order valence-electron chi connectivity index (χ4n) is 9.95. The third kappa shape index (κ3) is 4.64. The first-order valence-electron chi connectivity index (χ1n) is 19.3. The zero-order valence-corrected chi connectivity index (χ0v) is 33.0. The first-order valence-corrected chi connectivity index (χ1v) is 22.1. The molecule has 1 nitrogen and oxygen atoms in total. The minimum absolute atomic E-state index is 0.111. The van der Waals surface area contributed by atoms with Crippen molar-refractivity contribution in [1.29, 1.82) is 0 Å². The maximum atomic E-state index is 2.54. The van der Waals surface area contributed by atoms with Crippen molar-refractivity contribution >= 4 is 77.4 Å². The average Bonchev–Trinajstić information content (AvgIpc) is 3.82. The lowest BCUT2D eigenvalue weighted by molar-refractivity contribution is 0.660. The number of benzene rings is 8. The van der Waals surface area contributed by atoms with Crippen molar-refractivity contribution in [1.82, 2.24) is 0 Å². The van der Waals surface area contributed by atoms with Crippen LogP contribution in [0.3, 0.4) is 0 Å². The summed E-state index contributed by atoms with van der Waals surface area (Å²) >= 11 is 1.88. The Hall–Kier alpha value is -6.00. The van der Waals surface area contributed by atoms with Gasteiger partial charge in [-0.1, -0.05) is 147 Å². The molecular weight excluding hydrogens is 699 g/mol. The van der Waals surface area contributed by atoms with Crippen molar-refractivity contribution in [2.75, 3.05) is 4.90 Å². The van der Waals surface area contributed by atoms with Gasteiger partial charge < -0.3 is 4.90 Å². The van der Waals surface area contributed by atoms with Crippen LogP contribution in [0.25, 0.3) is 42.4 Å². The second-order valence-electron chi connectivity index (χ2n) is 15.8. The third-order valence-electron chi connectivity index (χ3n) is 12.4. The SMILES string of the molecule is Cc1cc(N(c2ccc3c(c2)C(C)(C)c2ccccc2-3)c2ccc3sc4ccccc4c3c2)cc([Si]2(c3ccccc3)c3ccccc3-c3ccccc32)c1. The van der Waals surface area contributed by atoms with Crippen LogP contribution >= 0.6 is 11.3 Å². The highest BCUT2D eigenvalue weighted by molar-refractivity contribution is 7.25. The molecule has 1 aliphatic heterocycles. The Kier molecular flexibility index (Phi) is 7.07. The number of nitrogens with zero attached hydrogens (tertiary/aromatic N) is 1. The number of fused-ring (bicyclic) bond motifs is 9. The van der Waals surface area contributed by atoms with E-state index in [9.17, 15) is 0 Å². The van der Waals surface area contributed by atoms with Crippen molar-refractivity contribution in [2.24, 2.45) is 0 Å². The standard InChI is InChI=1S/C52H39NSSi/c1-34-29-37(31-39(30-34)55(38-15-5-4-6-16-38)50-23-13-9-19-43(50)44-20-10-14-24-51(44)55)53(35-26-28-49-45(32-35)42-18-8-12-22-48(42)54-49)36-25-27-41-40-17-7-11-21-46(40)52(2,3)47(41)33-36/h4-33H,1-3H3. The molecule has 0 spiro atoms. The van der Waals surface area contributed by atoms with E-state index in [1.807, 2.05) is 11.3 Å². The van der Waals surface area contributed by atoms with Crippen molar-refractivity contribution in [3.05, 3.63) is 199 Å². The molecule has 0 fully saturated rings. The van der Waals surface area contributed by atoms with Crippen LogP contribution in [0.2, 0.25) is 0 Å². The van der Waals surface area contributed by atoms with E-state index in [-0.39, 0.29) is 5.41 Å². The molecule has 2 heterocycles. The molecule has 0 saturated heterocycles. The van der Waals surface area contributed by atoms with E-state index in [1.54, 1.807) is 0 Å². The van der Waals surface area contributed by atoms with Gasteiger partial charge in [0.1, 0.15) is 0 Å². The highest BCUT2D eigenvalue weighted by Crippen LogP contribution is 2.51. The van der Waals surface area contributed by atoms with Crippen molar-refractivity contribution in [3.8, 4) is 22.3 Å². The molecular formula is C52H39NSSi. The van der Waals surface area contributed by atoms with Crippen LogP contribution in [-0.2, 0) is 5.41 Å². The molecule has 0 amide bonds. The summed E-state index contributed by atoms with van der Waals surface area (Å²) in [6.45, 7) is 7.04. The van der Waals surface area contributed by atoms with Crippen LogP contribution in [-0.4, -0.2) is 8.07 Å². The summed E-state index contributed by atoms with van der Waals surface area (Å²) in [6, 6.07) is 69.2. The molecule has 262 valence electrons. The number of aryl methyl sites for hydroxylation is 1. The number of rotatable bonds is 5. The van der Waals surface area contributed by atoms with Crippen molar-refractivity contribution < 1.29 is 0 Å². The Labute approximate surface area is 327 Å². The summed E-state index contributed by atoms with van der Waals surface area (Å²) in [6.07, 6.45) is 0. The molecule has 1 aromatic heterocycles. The molecule has 11 rings (SSSR count). The van der Waals surface area contributed by atoms with Gasteiger partial charge in [0.15, 0.2) is 8.07 Å². The molecule has 8 aromatic carbocycles. The Bertz CT molecular complexity index is 2950. The largest absolute Gasteiger partial charge is 0.310 e. The van der Waals surface area contributed by atoms with Gasteiger partial charge in [0.2, 0.25) is 0 Å². The molecule has 9 aromatic rings. The van der Waals surface area contributed by atoms with Crippen LogP contribution in [0.1, 0.15) is 30.5 Å². The smallest absolute Gasteiger partial charge is 0.180 e. The maximum Gasteiger partial charge on any atom is 0.180 e. The summed E-state index contributed by atoms with van der Waals surface area (Å²) in [4.78, 5) is 2.53. The van der Waals surface area contributed by atoms with E-state index >= 15 is 0 Å². The minimum Gasteiger partial charge on any atom is -0.310 e. The van der Waals surface area contributed by atoms with Gasteiger partial charge in [0, 0.05) is 42.6 Å². The lowest BCUT2D eigenvalue weighted by Crippen LogP contribution is -2.72. The normalized spacial score (nSPS) is 14.4. The predicted octanol–water partition coefficient (Wildman–Crippen LogP) is 11.5. The van der Waals surface area contributed by atoms with Gasteiger partial charge in [0.05, 0.1) is 0 Å². The first kappa shape index (κ1) is 32.4. The lowest BCUT2D eigenvalue weighted by Gasteiger charge is -2.34. The van der Waals surface area contributed by atoms with E-state index in [0.29, 0.717) is 0 Å². The van der Waals surface area contributed by atoms with Gasteiger partial charge in [-0.15, -0.1) is 11.3 Å². The number of anilines is 3. The highest BCUT2D eigenvalue weighted by Gasteiger charge is 2.48. The second-order valence-corrected chi connectivity index (χ2v) is 20.6. The van der Waals surface area contributed by atoms with E-state index in [2.05, 4.69) is 208 Å². The summed E-state index contributed by atoms with van der Waals surface area (Å²) < 4.78 is 2.64. The molecule has 0 bridgehead atoms. The Morgan fingerprint density at radius 3 is 1.82 bits per heavy atom. The van der Waals surface area contributed by atoms with E-state index in [0.717, 1.165) is 0 Å². The van der Waals surface area contributed by atoms with Crippen molar-refractivity contribution in [2.45, 2.75) is 26.2 Å². The second kappa shape index (κ2) is 12.0. The van der Waals surface area contributed by atoms with Gasteiger partial charge in [-0.25, -0.2) is 0 Å². The van der Waals surface area contributed by atoms with Crippen LogP contribution < -0.4 is 25.6 Å². The summed E-state index contributed by atoms with van der Waals surface area (Å²) in [5, 5.41) is 8.38. The summed E-state index contributed by atoms with van der Waals surface area (Å²) in [7, 11) is -2.71. The Morgan fingerprint density at radius 1 is 0.436 bits per heavy atom. The predicted molar refractivity (Wildman–Crippen MR) is 239 cm³/mol. The van der Waals surface area contributed by atoms with Gasteiger partial charge in [-0.2, -0.15) is 0 Å². The molecule has 0 atom stereocenters. The summed E-state index contributed by atoms with van der Waals surface area (Å²) in [5.74, 6) is 0. The van der Waals surface area contributed by atoms with Crippen molar-refractivity contribution in [3.63, 3.8) is 0 Å². The first-order chi connectivity index (χ1) is 26.9. The van der Waals surface area contributed by atoms with Gasteiger partial charge in [-0.3, -0.25) is 0 Å². The maximum absolute atomic E-state index is 2.71. The van der Waals surface area contributed by atoms with Crippen LogP contribution in [0.4, 0.5) is 17.1 Å². The molecule has 0 saturated carbocycles. The average molecular weight is 738 g/mol. The van der Waals surface area contributed by atoms with E-state index in [4.69, 9.17) is 0 Å². The molecule has 0 N–H and O–H groups in total. The monoisotopic (exact) mass is 737 g/mol. The van der Waals surface area contributed by atoms with E-state index < -0.39 is 8.07 Å². The molecule has 0 radical (unpaired) electrons. The van der Waals surface area contributed by atoms with Gasteiger partial charge >= 0.3 is 0 Å². The van der Waals surface area contributed by atoms with Crippen LogP contribution in [0.5, 0.6) is 0 Å². The molecule has 3 heteroatoms. The minimum atomic E-state index is -2.71. The fourth-order valence-corrected chi connectivity index (χ4v) is 16.3. The highest BCUT2D eigenvalue weighted by atomic mass is 32.1. The zero-order chi connectivity index (χ0) is 36.9. The number of hydrogen-bond donors (Lipinski definition) is 0. The molecule has 55 heavy (non-hydrogen) atoms. The van der Waals surface area contributed by atoms with Crippen LogP contribution in [0, 0.1) is 6.92 Å². The topological polar surface area (TPSA) is 3.24 Å². The molecule has 2 aliphatic rings. The quantitative estimate of drug-likeness (QED) is 0.159. The number of thiophene rings is 1. The Morgan fingerprint density at radius 2 is 1.04 bits per heavy atom. The fraction of sp³-hybridized carbons (Fsp3) is 0.0769.